The fourth-order valence-corrected chi connectivity index (χ4v) is 1.18. The molecule has 0 radical (unpaired) electrons. The van der Waals surface area contributed by atoms with Crippen LogP contribution in [-0.4, -0.2) is 22.8 Å². The van der Waals surface area contributed by atoms with Gasteiger partial charge in [0.1, 0.15) is 17.2 Å². The van der Waals surface area contributed by atoms with Gasteiger partial charge in [-0.05, 0) is 18.6 Å². The van der Waals surface area contributed by atoms with E-state index in [0.29, 0.717) is 6.42 Å². The maximum Gasteiger partial charge on any atom is 0.341 e. The Morgan fingerprint density at radius 2 is 2.06 bits per heavy atom. The van der Waals surface area contributed by atoms with Crippen molar-refractivity contribution in [2.24, 2.45) is 0 Å². The fourth-order valence-electron chi connectivity index (χ4n) is 1.18. The minimum atomic E-state index is -1.65. The molecule has 0 saturated heterocycles. The van der Waals surface area contributed by atoms with Gasteiger partial charge in [-0.25, -0.2) is 13.6 Å². The number of aliphatic hydroxyl groups excluding tert-OH is 1. The molecular formula is C11H10F2O3. The van der Waals surface area contributed by atoms with Gasteiger partial charge in [0.05, 0.1) is 0 Å². The number of carbonyl (C=O) groups is 1. The molecule has 0 bridgehead atoms. The monoisotopic (exact) mass is 228 g/mol. The van der Waals surface area contributed by atoms with Crippen LogP contribution in [0, 0.1) is 11.6 Å². The summed E-state index contributed by atoms with van der Waals surface area (Å²) in [5.41, 5.74) is -0.988. The van der Waals surface area contributed by atoms with Crippen LogP contribution < -0.4 is 0 Å². The Bertz CT molecular complexity index is 427. The zero-order valence-corrected chi connectivity index (χ0v) is 8.28. The molecule has 16 heavy (non-hydrogen) atoms. The molecule has 3 nitrogen and oxygen atoms in total. The van der Waals surface area contributed by atoms with E-state index in [4.69, 9.17) is 10.2 Å². The van der Waals surface area contributed by atoms with Crippen molar-refractivity contribution in [3.63, 3.8) is 0 Å². The molecule has 0 fully saturated rings. The average molecular weight is 228 g/mol. The quantitative estimate of drug-likeness (QED) is 0.829. The van der Waals surface area contributed by atoms with Crippen LogP contribution in [0.4, 0.5) is 8.78 Å². The lowest BCUT2D eigenvalue weighted by Crippen LogP contribution is -2.05. The van der Waals surface area contributed by atoms with Gasteiger partial charge in [0.2, 0.25) is 0 Å². The second-order valence-corrected chi connectivity index (χ2v) is 3.05. The summed E-state index contributed by atoms with van der Waals surface area (Å²) >= 11 is 0. The summed E-state index contributed by atoms with van der Waals surface area (Å²) in [4.78, 5) is 10.6. The third-order valence-corrected chi connectivity index (χ3v) is 1.93. The second kappa shape index (κ2) is 5.37. The zero-order valence-electron chi connectivity index (χ0n) is 8.28. The lowest BCUT2D eigenvalue weighted by molar-refractivity contribution is 0.0686. The van der Waals surface area contributed by atoms with E-state index in [-0.39, 0.29) is 12.2 Å². The SMILES string of the molecule is O=C(O)c1c(F)ccc(C=CCCO)c1F. The van der Waals surface area contributed by atoms with Gasteiger partial charge in [-0.3, -0.25) is 0 Å². The number of hydrogen-bond acceptors (Lipinski definition) is 2. The number of hydrogen-bond donors (Lipinski definition) is 2. The van der Waals surface area contributed by atoms with Crippen LogP contribution in [0.15, 0.2) is 18.2 Å². The first-order chi connectivity index (χ1) is 7.57. The standard InChI is InChI=1S/C11H10F2O3/c12-8-5-4-7(3-1-2-6-14)10(13)9(8)11(15)16/h1,3-5,14H,2,6H2,(H,15,16). The first-order valence-electron chi connectivity index (χ1n) is 4.56. The minimum Gasteiger partial charge on any atom is -0.477 e. The van der Waals surface area contributed by atoms with E-state index in [2.05, 4.69) is 0 Å². The molecule has 0 atom stereocenters. The number of benzene rings is 1. The maximum absolute atomic E-state index is 13.5. The van der Waals surface area contributed by atoms with Crippen molar-refractivity contribution < 1.29 is 23.8 Å². The number of aromatic carboxylic acids is 1. The molecule has 1 rings (SSSR count). The molecule has 0 aliphatic heterocycles. The van der Waals surface area contributed by atoms with Gasteiger partial charge in [0.25, 0.3) is 0 Å². The molecule has 0 heterocycles. The highest BCUT2D eigenvalue weighted by molar-refractivity contribution is 5.89. The Balaban J connectivity index is 3.13. The van der Waals surface area contributed by atoms with Gasteiger partial charge in [-0.15, -0.1) is 0 Å². The molecule has 1 aromatic carbocycles. The summed E-state index contributed by atoms with van der Waals surface area (Å²) in [5.74, 6) is -3.86. The Morgan fingerprint density at radius 1 is 1.38 bits per heavy atom. The Morgan fingerprint density at radius 3 is 2.62 bits per heavy atom. The van der Waals surface area contributed by atoms with Gasteiger partial charge in [-0.1, -0.05) is 12.2 Å². The Hall–Kier alpha value is -1.75. The summed E-state index contributed by atoms with van der Waals surface area (Å²) < 4.78 is 26.5. The number of carboxylic acid groups (broad SMARTS) is 1. The van der Waals surface area contributed by atoms with E-state index >= 15 is 0 Å². The number of carboxylic acids is 1. The van der Waals surface area contributed by atoms with Crippen LogP contribution in [0.1, 0.15) is 22.3 Å². The first kappa shape index (κ1) is 12.3. The Labute approximate surface area is 90.6 Å². The highest BCUT2D eigenvalue weighted by atomic mass is 19.1. The maximum atomic E-state index is 13.5. The molecule has 0 aliphatic carbocycles. The highest BCUT2D eigenvalue weighted by Crippen LogP contribution is 2.18. The third kappa shape index (κ3) is 2.64. The summed E-state index contributed by atoms with van der Waals surface area (Å²) in [6.07, 6.45) is 3.10. The minimum absolute atomic E-state index is 0.0211. The van der Waals surface area contributed by atoms with Crippen LogP contribution in [0.5, 0.6) is 0 Å². The lowest BCUT2D eigenvalue weighted by Gasteiger charge is -2.02. The molecular weight excluding hydrogens is 218 g/mol. The molecule has 0 amide bonds. The first-order valence-corrected chi connectivity index (χ1v) is 4.56. The van der Waals surface area contributed by atoms with E-state index in [1.807, 2.05) is 0 Å². The Kier molecular flexibility index (Phi) is 4.13. The van der Waals surface area contributed by atoms with Crippen LogP contribution in [0.25, 0.3) is 6.08 Å². The molecule has 0 unspecified atom stereocenters. The number of rotatable bonds is 4. The normalized spacial score (nSPS) is 10.9. The van der Waals surface area contributed by atoms with Crippen LogP contribution in [0.3, 0.4) is 0 Å². The van der Waals surface area contributed by atoms with Gasteiger partial charge >= 0.3 is 5.97 Å². The summed E-state index contributed by atoms with van der Waals surface area (Å²) in [5, 5.41) is 17.1. The van der Waals surface area contributed by atoms with Crippen LogP contribution in [0.2, 0.25) is 0 Å². The lowest BCUT2D eigenvalue weighted by atomic mass is 10.1. The zero-order chi connectivity index (χ0) is 12.1. The molecule has 2 N–H and O–H groups in total. The molecule has 5 heteroatoms. The second-order valence-electron chi connectivity index (χ2n) is 3.05. The van der Waals surface area contributed by atoms with Crippen molar-refractivity contribution in [2.45, 2.75) is 6.42 Å². The summed E-state index contributed by atoms with van der Waals surface area (Å²) in [7, 11) is 0. The largest absolute Gasteiger partial charge is 0.477 e. The smallest absolute Gasteiger partial charge is 0.341 e. The van der Waals surface area contributed by atoms with Gasteiger partial charge in [0.15, 0.2) is 0 Å². The van der Waals surface area contributed by atoms with E-state index in [1.54, 1.807) is 0 Å². The highest BCUT2D eigenvalue weighted by Gasteiger charge is 2.18. The van der Waals surface area contributed by atoms with E-state index in [0.717, 1.165) is 12.1 Å². The van der Waals surface area contributed by atoms with Crippen molar-refractivity contribution in [1.29, 1.82) is 0 Å². The topological polar surface area (TPSA) is 57.5 Å². The van der Waals surface area contributed by atoms with E-state index < -0.39 is 23.2 Å². The van der Waals surface area contributed by atoms with Gasteiger partial charge in [-0.2, -0.15) is 0 Å². The molecule has 0 aliphatic rings. The van der Waals surface area contributed by atoms with Crippen LogP contribution >= 0.6 is 0 Å². The number of halogens is 2. The molecule has 0 aromatic heterocycles. The average Bonchev–Trinajstić information content (AvgIpc) is 2.21. The molecule has 0 saturated carbocycles. The predicted molar refractivity (Wildman–Crippen MR) is 54.1 cm³/mol. The van der Waals surface area contributed by atoms with Crippen molar-refractivity contribution in [1.82, 2.24) is 0 Å². The molecule has 86 valence electrons. The third-order valence-electron chi connectivity index (χ3n) is 1.93. The van der Waals surface area contributed by atoms with E-state index in [9.17, 15) is 13.6 Å². The summed E-state index contributed by atoms with van der Waals surface area (Å²) in [6, 6.07) is 2.04. The van der Waals surface area contributed by atoms with Crippen molar-refractivity contribution in [3.8, 4) is 0 Å². The summed E-state index contributed by atoms with van der Waals surface area (Å²) in [6.45, 7) is -0.0922. The molecule has 0 spiro atoms. The van der Waals surface area contributed by atoms with Crippen molar-refractivity contribution in [2.75, 3.05) is 6.61 Å². The van der Waals surface area contributed by atoms with Gasteiger partial charge < -0.3 is 10.2 Å². The van der Waals surface area contributed by atoms with Crippen molar-refractivity contribution in [3.05, 3.63) is 41.0 Å². The molecule has 1 aromatic rings. The van der Waals surface area contributed by atoms with Crippen LogP contribution in [-0.2, 0) is 0 Å². The number of aliphatic hydroxyl groups is 1. The predicted octanol–water partition coefficient (Wildman–Crippen LogP) is 2.06. The fraction of sp³-hybridized carbons (Fsp3) is 0.182. The van der Waals surface area contributed by atoms with E-state index in [1.165, 1.54) is 12.2 Å². The van der Waals surface area contributed by atoms with Gasteiger partial charge in [0, 0.05) is 12.2 Å². The van der Waals surface area contributed by atoms with Crippen molar-refractivity contribution >= 4 is 12.0 Å².